The minimum absolute atomic E-state index is 0.713. The third-order valence-corrected chi connectivity index (χ3v) is 4.42. The van der Waals surface area contributed by atoms with E-state index >= 15 is 0 Å². The van der Waals surface area contributed by atoms with Crippen molar-refractivity contribution >= 4 is 0 Å². The number of hydrogen-bond donors (Lipinski definition) is 1. The van der Waals surface area contributed by atoms with Crippen LogP contribution in [0.3, 0.4) is 0 Å². The highest BCUT2D eigenvalue weighted by molar-refractivity contribution is 5.28. The molecule has 2 aromatic rings. The van der Waals surface area contributed by atoms with E-state index in [-0.39, 0.29) is 0 Å². The van der Waals surface area contributed by atoms with Crippen LogP contribution in [0.15, 0.2) is 34.9 Å². The number of hydrogen-bond acceptors (Lipinski definition) is 4. The van der Waals surface area contributed by atoms with E-state index < -0.39 is 0 Å². The predicted molar refractivity (Wildman–Crippen MR) is 90.3 cm³/mol. The summed E-state index contributed by atoms with van der Waals surface area (Å²) in [5, 5.41) is 7.37. The van der Waals surface area contributed by atoms with Crippen LogP contribution in [0.2, 0.25) is 0 Å². The first-order chi connectivity index (χ1) is 11.3. The number of aryl methyl sites for hydroxylation is 1. The quantitative estimate of drug-likeness (QED) is 0.830. The van der Waals surface area contributed by atoms with E-state index in [9.17, 15) is 0 Å². The number of nitrogens with zero attached hydrogens (tertiary/aromatic N) is 1. The normalized spacial score (nSPS) is 15.7. The molecule has 0 aliphatic heterocycles. The molecule has 1 aliphatic rings. The molecular weight excluding hydrogens is 288 g/mol. The first-order valence-electron chi connectivity index (χ1n) is 8.64. The van der Waals surface area contributed by atoms with Crippen molar-refractivity contribution in [2.75, 3.05) is 6.61 Å². The van der Waals surface area contributed by atoms with Crippen LogP contribution >= 0.6 is 0 Å². The highest BCUT2D eigenvalue weighted by Gasteiger charge is 2.13. The van der Waals surface area contributed by atoms with E-state index in [1.54, 1.807) is 0 Å². The molecule has 0 radical (unpaired) electrons. The molecule has 1 saturated carbocycles. The summed E-state index contributed by atoms with van der Waals surface area (Å²) < 4.78 is 11.1. The Balaban J connectivity index is 1.44. The molecule has 0 unspecified atom stereocenters. The predicted octanol–water partition coefficient (Wildman–Crippen LogP) is 4.23. The molecule has 0 atom stereocenters. The Labute approximate surface area is 138 Å². The van der Waals surface area contributed by atoms with Gasteiger partial charge >= 0.3 is 0 Å². The van der Waals surface area contributed by atoms with Gasteiger partial charge in [0.2, 0.25) is 0 Å². The lowest BCUT2D eigenvalue weighted by Gasteiger charge is -2.21. The maximum atomic E-state index is 6.00. The SMILES string of the molecule is Cc1cc(CNCc2cccc(OCC3CCCCC3)c2)no1. The molecule has 1 aromatic carbocycles. The fourth-order valence-electron chi connectivity index (χ4n) is 3.15. The zero-order valence-electron chi connectivity index (χ0n) is 13.9. The molecule has 3 rings (SSSR count). The molecule has 1 aliphatic carbocycles. The largest absolute Gasteiger partial charge is 0.493 e. The van der Waals surface area contributed by atoms with Gasteiger partial charge in [-0.05, 0) is 43.4 Å². The maximum absolute atomic E-state index is 6.00. The molecule has 0 bridgehead atoms. The molecule has 4 nitrogen and oxygen atoms in total. The van der Waals surface area contributed by atoms with Gasteiger partial charge in [-0.3, -0.25) is 0 Å². The van der Waals surface area contributed by atoms with Crippen molar-refractivity contribution in [2.45, 2.75) is 52.1 Å². The van der Waals surface area contributed by atoms with Gasteiger partial charge < -0.3 is 14.6 Å². The third kappa shape index (κ3) is 5.10. The van der Waals surface area contributed by atoms with Gasteiger partial charge in [0.1, 0.15) is 11.5 Å². The number of nitrogens with one attached hydrogen (secondary N) is 1. The molecule has 23 heavy (non-hydrogen) atoms. The summed E-state index contributed by atoms with van der Waals surface area (Å²) in [6.45, 7) is 4.27. The van der Waals surface area contributed by atoms with E-state index in [1.165, 1.54) is 37.7 Å². The van der Waals surface area contributed by atoms with Crippen molar-refractivity contribution in [1.29, 1.82) is 0 Å². The standard InChI is InChI=1S/C19H26N2O2/c1-15-10-18(21-23-15)13-20-12-17-8-5-9-19(11-17)22-14-16-6-3-2-4-7-16/h5,8-11,16,20H,2-4,6-7,12-14H2,1H3. The van der Waals surface area contributed by atoms with Crippen LogP contribution in [0, 0.1) is 12.8 Å². The Bertz CT molecular complexity index is 603. The fraction of sp³-hybridized carbons (Fsp3) is 0.526. The van der Waals surface area contributed by atoms with Crippen molar-refractivity contribution in [3.8, 4) is 5.75 Å². The van der Waals surface area contributed by atoms with Crippen LogP contribution in [0.5, 0.6) is 5.75 Å². The molecule has 0 amide bonds. The molecule has 0 spiro atoms. The molecule has 1 aromatic heterocycles. The number of benzene rings is 1. The van der Waals surface area contributed by atoms with Gasteiger partial charge in [0, 0.05) is 19.2 Å². The fourth-order valence-corrected chi connectivity index (χ4v) is 3.15. The summed E-state index contributed by atoms with van der Waals surface area (Å²) >= 11 is 0. The Kier molecular flexibility index (Phi) is 5.70. The lowest BCUT2D eigenvalue weighted by molar-refractivity contribution is 0.208. The summed E-state index contributed by atoms with van der Waals surface area (Å²) in [5.74, 6) is 2.56. The number of rotatable bonds is 7. The van der Waals surface area contributed by atoms with Crippen LogP contribution in [0.1, 0.15) is 49.1 Å². The minimum atomic E-state index is 0.713. The van der Waals surface area contributed by atoms with Gasteiger partial charge in [0.15, 0.2) is 0 Å². The van der Waals surface area contributed by atoms with Gasteiger partial charge in [-0.1, -0.05) is 36.6 Å². The molecule has 1 fully saturated rings. The highest BCUT2D eigenvalue weighted by atomic mass is 16.5. The van der Waals surface area contributed by atoms with Crippen LogP contribution in [0.25, 0.3) is 0 Å². The molecule has 4 heteroatoms. The van der Waals surface area contributed by atoms with Crippen LogP contribution < -0.4 is 10.1 Å². The zero-order chi connectivity index (χ0) is 15.9. The van der Waals surface area contributed by atoms with Crippen LogP contribution in [-0.2, 0) is 13.1 Å². The third-order valence-electron chi connectivity index (χ3n) is 4.42. The highest BCUT2D eigenvalue weighted by Crippen LogP contribution is 2.24. The number of ether oxygens (including phenoxy) is 1. The second kappa shape index (κ2) is 8.16. The molecule has 1 N–H and O–H groups in total. The molecular formula is C19H26N2O2. The topological polar surface area (TPSA) is 47.3 Å². The van der Waals surface area contributed by atoms with E-state index in [4.69, 9.17) is 9.26 Å². The van der Waals surface area contributed by atoms with Gasteiger partial charge in [-0.15, -0.1) is 0 Å². The maximum Gasteiger partial charge on any atom is 0.133 e. The minimum Gasteiger partial charge on any atom is -0.493 e. The van der Waals surface area contributed by atoms with Gasteiger partial charge in [-0.25, -0.2) is 0 Å². The summed E-state index contributed by atoms with van der Waals surface area (Å²) in [7, 11) is 0. The Morgan fingerprint density at radius 1 is 1.17 bits per heavy atom. The smallest absolute Gasteiger partial charge is 0.133 e. The van der Waals surface area contributed by atoms with E-state index in [0.717, 1.165) is 36.3 Å². The van der Waals surface area contributed by atoms with Gasteiger partial charge in [0.25, 0.3) is 0 Å². The average molecular weight is 314 g/mol. The Morgan fingerprint density at radius 3 is 2.83 bits per heavy atom. The van der Waals surface area contributed by atoms with E-state index in [2.05, 4.69) is 28.7 Å². The first kappa shape index (κ1) is 16.1. The second-order valence-corrected chi connectivity index (χ2v) is 6.49. The van der Waals surface area contributed by atoms with Crippen molar-refractivity contribution in [3.05, 3.63) is 47.3 Å². The lowest BCUT2D eigenvalue weighted by atomic mass is 9.90. The Morgan fingerprint density at radius 2 is 2.04 bits per heavy atom. The molecule has 124 valence electrons. The first-order valence-corrected chi connectivity index (χ1v) is 8.64. The summed E-state index contributed by atoms with van der Waals surface area (Å²) in [5.41, 5.74) is 2.17. The lowest BCUT2D eigenvalue weighted by Crippen LogP contribution is -2.15. The monoisotopic (exact) mass is 314 g/mol. The van der Waals surface area contributed by atoms with Crippen LogP contribution in [0.4, 0.5) is 0 Å². The van der Waals surface area contributed by atoms with Crippen molar-refractivity contribution in [3.63, 3.8) is 0 Å². The molecule has 0 saturated heterocycles. The molecule has 1 heterocycles. The van der Waals surface area contributed by atoms with Gasteiger partial charge in [-0.2, -0.15) is 0 Å². The van der Waals surface area contributed by atoms with Gasteiger partial charge in [0.05, 0.1) is 12.3 Å². The van der Waals surface area contributed by atoms with E-state index in [1.807, 2.05) is 19.1 Å². The Hall–Kier alpha value is -1.81. The average Bonchev–Trinajstić information content (AvgIpc) is 3.00. The summed E-state index contributed by atoms with van der Waals surface area (Å²) in [6, 6.07) is 10.3. The van der Waals surface area contributed by atoms with Crippen LogP contribution in [-0.4, -0.2) is 11.8 Å². The summed E-state index contributed by atoms with van der Waals surface area (Å²) in [4.78, 5) is 0. The van der Waals surface area contributed by atoms with E-state index in [0.29, 0.717) is 6.54 Å². The van der Waals surface area contributed by atoms with Crippen molar-refractivity contribution in [2.24, 2.45) is 5.92 Å². The zero-order valence-corrected chi connectivity index (χ0v) is 13.9. The van der Waals surface area contributed by atoms with Crippen molar-refractivity contribution < 1.29 is 9.26 Å². The summed E-state index contributed by atoms with van der Waals surface area (Å²) in [6.07, 6.45) is 6.75. The number of aromatic nitrogens is 1. The second-order valence-electron chi connectivity index (χ2n) is 6.49. The van der Waals surface area contributed by atoms with Crippen molar-refractivity contribution in [1.82, 2.24) is 10.5 Å².